The van der Waals surface area contributed by atoms with Gasteiger partial charge in [0.1, 0.15) is 12.4 Å². The summed E-state index contributed by atoms with van der Waals surface area (Å²) < 4.78 is 69.2. The molecule has 1 aliphatic carbocycles. The van der Waals surface area contributed by atoms with Crippen molar-refractivity contribution in [2.75, 3.05) is 26.5 Å². The number of hydrogen-bond donors (Lipinski definition) is 0. The van der Waals surface area contributed by atoms with E-state index in [9.17, 15) is 26.4 Å². The van der Waals surface area contributed by atoms with Gasteiger partial charge in [-0.3, -0.25) is 4.18 Å². The molecule has 0 unspecified atom stereocenters. The van der Waals surface area contributed by atoms with Crippen molar-refractivity contribution in [1.82, 2.24) is 4.90 Å². The normalized spacial score (nSPS) is 19.5. The van der Waals surface area contributed by atoms with E-state index in [1.165, 1.54) is 4.90 Å². The highest BCUT2D eigenvalue weighted by Gasteiger charge is 2.30. The van der Waals surface area contributed by atoms with Gasteiger partial charge in [-0.25, -0.2) is 4.79 Å². The lowest BCUT2D eigenvalue weighted by Crippen LogP contribution is -2.35. The molecular weight excluding hydrogens is 423 g/mol. The minimum absolute atomic E-state index is 0.0511. The van der Waals surface area contributed by atoms with Crippen LogP contribution in [0.15, 0.2) is 24.3 Å². The number of hydrogen-bond acceptors (Lipinski definition) is 5. The van der Waals surface area contributed by atoms with Crippen molar-refractivity contribution in [2.45, 2.75) is 31.9 Å². The first kappa shape index (κ1) is 24.0. The summed E-state index contributed by atoms with van der Waals surface area (Å²) in [6, 6.07) is 3.97. The van der Waals surface area contributed by atoms with Gasteiger partial charge in [0.25, 0.3) is 10.1 Å². The first-order valence-electron chi connectivity index (χ1n) is 9.37. The maximum atomic E-state index is 12.6. The van der Waals surface area contributed by atoms with Gasteiger partial charge in [-0.2, -0.15) is 21.6 Å². The molecule has 30 heavy (non-hydrogen) atoms. The molecule has 166 valence electrons. The first-order valence-corrected chi connectivity index (χ1v) is 11.2. The summed E-state index contributed by atoms with van der Waals surface area (Å²) in [5.41, 5.74) is -0.807. The molecule has 0 aromatic heterocycles. The number of amides is 1. The predicted octanol–water partition coefficient (Wildman–Crippen LogP) is 3.92. The van der Waals surface area contributed by atoms with Gasteiger partial charge in [0.15, 0.2) is 0 Å². The molecule has 0 saturated heterocycles. The van der Waals surface area contributed by atoms with Gasteiger partial charge in [0.2, 0.25) is 0 Å². The van der Waals surface area contributed by atoms with Crippen LogP contribution in [0.4, 0.5) is 18.0 Å². The van der Waals surface area contributed by atoms with Gasteiger partial charge in [0.05, 0.1) is 11.8 Å². The second-order valence-corrected chi connectivity index (χ2v) is 8.92. The second kappa shape index (κ2) is 10.2. The summed E-state index contributed by atoms with van der Waals surface area (Å²) in [5.74, 6) is 6.21. The third kappa shape index (κ3) is 8.24. The fraction of sp³-hybridized carbons (Fsp3) is 0.550. The summed E-state index contributed by atoms with van der Waals surface area (Å²) in [6.45, 7) is 0.314. The van der Waals surface area contributed by atoms with Crippen molar-refractivity contribution in [3.63, 3.8) is 0 Å². The standard InChI is InChI=1S/C20H24F3NO5S/c1-24(19(25)29-18-11-9-17(10-12-18)20(21,22)23)14-16-7-5-15(6-8-16)4-3-13-28-30(2,26)27/h9-12,15-16H,5-8,13-14H2,1-2H3. The molecule has 0 bridgehead atoms. The van der Waals surface area contributed by atoms with Crippen molar-refractivity contribution in [1.29, 1.82) is 0 Å². The summed E-state index contributed by atoms with van der Waals surface area (Å²) >= 11 is 0. The van der Waals surface area contributed by atoms with Gasteiger partial charge in [-0.1, -0.05) is 11.8 Å². The smallest absolute Gasteiger partial charge is 0.410 e. The average Bonchev–Trinajstić information content (AvgIpc) is 2.65. The number of halogens is 3. The van der Waals surface area contributed by atoms with Crippen LogP contribution in [-0.2, 0) is 20.5 Å². The number of ether oxygens (including phenoxy) is 1. The van der Waals surface area contributed by atoms with Gasteiger partial charge in [0, 0.05) is 19.5 Å². The maximum Gasteiger partial charge on any atom is 0.416 e. The fourth-order valence-corrected chi connectivity index (χ4v) is 3.44. The zero-order chi connectivity index (χ0) is 22.4. The Labute approximate surface area is 174 Å². The van der Waals surface area contributed by atoms with E-state index in [1.54, 1.807) is 7.05 Å². The second-order valence-electron chi connectivity index (χ2n) is 7.28. The van der Waals surface area contributed by atoms with Crippen molar-refractivity contribution < 1.29 is 35.3 Å². The molecule has 0 aliphatic heterocycles. The highest BCUT2D eigenvalue weighted by atomic mass is 32.2. The van der Waals surface area contributed by atoms with Crippen LogP contribution < -0.4 is 4.74 Å². The van der Waals surface area contributed by atoms with Gasteiger partial charge < -0.3 is 9.64 Å². The fourth-order valence-electron chi connectivity index (χ4n) is 3.16. The minimum Gasteiger partial charge on any atom is -0.410 e. The Balaban J connectivity index is 1.75. The molecular formula is C20H24F3NO5S. The maximum absolute atomic E-state index is 12.6. The average molecular weight is 447 g/mol. The largest absolute Gasteiger partial charge is 0.416 e. The van der Waals surface area contributed by atoms with Crippen LogP contribution in [0, 0.1) is 23.7 Å². The number of rotatable bonds is 5. The molecule has 1 fully saturated rings. The van der Waals surface area contributed by atoms with E-state index in [-0.39, 0.29) is 24.2 Å². The molecule has 6 nitrogen and oxygen atoms in total. The molecule has 0 atom stereocenters. The number of alkyl halides is 3. The Hall–Kier alpha value is -2.25. The highest BCUT2D eigenvalue weighted by Crippen LogP contribution is 2.31. The summed E-state index contributed by atoms with van der Waals surface area (Å²) in [5, 5.41) is 0. The lowest BCUT2D eigenvalue weighted by atomic mass is 9.82. The van der Waals surface area contributed by atoms with E-state index >= 15 is 0 Å². The molecule has 1 amide bonds. The molecule has 1 aliphatic rings. The quantitative estimate of drug-likeness (QED) is 0.505. The monoisotopic (exact) mass is 447 g/mol. The number of carbonyl (C=O) groups excluding carboxylic acids is 1. The predicted molar refractivity (Wildman–Crippen MR) is 104 cm³/mol. The molecule has 1 saturated carbocycles. The van der Waals surface area contributed by atoms with Crippen molar-refractivity contribution in [3.8, 4) is 17.6 Å². The SMILES string of the molecule is CN(CC1CCC(C#CCOS(C)(=O)=O)CC1)C(=O)Oc1ccc(C(F)(F)F)cc1. The molecule has 0 radical (unpaired) electrons. The third-order valence-corrected chi connectivity index (χ3v) is 5.27. The van der Waals surface area contributed by atoms with E-state index < -0.39 is 28.0 Å². The van der Waals surface area contributed by atoms with Crippen LogP contribution in [0.5, 0.6) is 5.75 Å². The Bertz CT molecular complexity index is 880. The van der Waals surface area contributed by atoms with Gasteiger partial charge in [-0.15, -0.1) is 0 Å². The third-order valence-electron chi connectivity index (χ3n) is 4.73. The van der Waals surface area contributed by atoms with Gasteiger partial charge >= 0.3 is 12.3 Å². The zero-order valence-electron chi connectivity index (χ0n) is 16.7. The summed E-state index contributed by atoms with van der Waals surface area (Å²) in [6.07, 6.45) is -0.734. The Morgan fingerprint density at radius 2 is 1.77 bits per heavy atom. The summed E-state index contributed by atoms with van der Waals surface area (Å²) in [4.78, 5) is 13.6. The van der Waals surface area contributed by atoms with Crippen molar-refractivity contribution >= 4 is 16.2 Å². The lowest BCUT2D eigenvalue weighted by molar-refractivity contribution is -0.137. The molecule has 0 N–H and O–H groups in total. The molecule has 2 rings (SSSR count). The van der Waals surface area contributed by atoms with Crippen molar-refractivity contribution in [2.24, 2.45) is 11.8 Å². The van der Waals surface area contributed by atoms with Crippen LogP contribution in [-0.4, -0.2) is 45.9 Å². The van der Waals surface area contributed by atoms with Crippen LogP contribution in [0.1, 0.15) is 31.2 Å². The van der Waals surface area contributed by atoms with Gasteiger partial charge in [-0.05, 0) is 55.9 Å². The van der Waals surface area contributed by atoms with E-state index in [2.05, 4.69) is 16.0 Å². The number of benzene rings is 1. The minimum atomic E-state index is -4.44. The molecule has 1 aromatic carbocycles. The van der Waals surface area contributed by atoms with Crippen LogP contribution >= 0.6 is 0 Å². The Kier molecular flexibility index (Phi) is 8.15. The number of carbonyl (C=O) groups is 1. The lowest BCUT2D eigenvalue weighted by Gasteiger charge is -2.29. The van der Waals surface area contributed by atoms with Crippen LogP contribution in [0.2, 0.25) is 0 Å². The van der Waals surface area contributed by atoms with E-state index in [0.29, 0.717) is 6.54 Å². The zero-order valence-corrected chi connectivity index (χ0v) is 17.6. The number of nitrogens with zero attached hydrogens (tertiary/aromatic N) is 1. The first-order chi connectivity index (χ1) is 13.9. The molecule has 1 aromatic rings. The highest BCUT2D eigenvalue weighted by molar-refractivity contribution is 7.86. The summed E-state index contributed by atoms with van der Waals surface area (Å²) in [7, 11) is -1.91. The molecule has 0 spiro atoms. The Morgan fingerprint density at radius 3 is 2.30 bits per heavy atom. The van der Waals surface area contributed by atoms with Crippen LogP contribution in [0.3, 0.4) is 0 Å². The topological polar surface area (TPSA) is 72.9 Å². The van der Waals surface area contributed by atoms with Crippen LogP contribution in [0.25, 0.3) is 0 Å². The Morgan fingerprint density at radius 1 is 1.17 bits per heavy atom. The van der Waals surface area contributed by atoms with E-state index in [4.69, 9.17) is 4.74 Å². The molecule has 10 heteroatoms. The van der Waals surface area contributed by atoms with E-state index in [1.807, 2.05) is 0 Å². The molecule has 0 heterocycles. The van der Waals surface area contributed by atoms with Crippen molar-refractivity contribution in [3.05, 3.63) is 29.8 Å². The van der Waals surface area contributed by atoms with E-state index in [0.717, 1.165) is 56.2 Å².